The molecule has 0 aliphatic rings. The van der Waals surface area contributed by atoms with Crippen molar-refractivity contribution in [2.75, 3.05) is 19.4 Å². The maximum atomic E-state index is 12.7. The van der Waals surface area contributed by atoms with Gasteiger partial charge in [0.1, 0.15) is 10.9 Å². The molecule has 0 saturated heterocycles. The smallest absolute Gasteiger partial charge is 0.257 e. The van der Waals surface area contributed by atoms with Crippen molar-refractivity contribution < 1.29 is 9.90 Å². The second kappa shape index (κ2) is 7.24. The van der Waals surface area contributed by atoms with Crippen LogP contribution in [0.5, 0.6) is 0 Å². The highest BCUT2D eigenvalue weighted by molar-refractivity contribution is 7.98. The van der Waals surface area contributed by atoms with Crippen LogP contribution in [0.2, 0.25) is 0 Å². The molecule has 0 aliphatic carbocycles. The van der Waals surface area contributed by atoms with Crippen LogP contribution in [0.3, 0.4) is 0 Å². The Bertz CT molecular complexity index is 615. The van der Waals surface area contributed by atoms with E-state index in [-0.39, 0.29) is 19.1 Å². The number of aromatic nitrogens is 3. The number of aromatic amines is 1. The van der Waals surface area contributed by atoms with Crippen LogP contribution in [-0.4, -0.2) is 50.3 Å². The van der Waals surface area contributed by atoms with Crippen LogP contribution in [0.15, 0.2) is 29.6 Å². The number of amides is 1. The van der Waals surface area contributed by atoms with Gasteiger partial charge in [0, 0.05) is 12.7 Å². The highest BCUT2D eigenvalue weighted by Gasteiger charge is 2.19. The van der Waals surface area contributed by atoms with E-state index in [1.165, 1.54) is 11.8 Å². The van der Waals surface area contributed by atoms with E-state index in [1.54, 1.807) is 29.4 Å². The number of nitrogens with one attached hydrogen (secondary N) is 1. The van der Waals surface area contributed by atoms with Crippen molar-refractivity contribution in [2.45, 2.75) is 18.5 Å². The van der Waals surface area contributed by atoms with Gasteiger partial charge >= 0.3 is 0 Å². The molecule has 0 fully saturated rings. The molecule has 2 aromatic heterocycles. The lowest BCUT2D eigenvalue weighted by atomic mass is 10.2. The molecule has 2 rings (SSSR count). The summed E-state index contributed by atoms with van der Waals surface area (Å²) in [7, 11) is 0. The highest BCUT2D eigenvalue weighted by Crippen LogP contribution is 2.19. The fraction of sp³-hybridized carbons (Fsp3) is 0.357. The van der Waals surface area contributed by atoms with E-state index in [0.717, 1.165) is 11.5 Å². The highest BCUT2D eigenvalue weighted by atomic mass is 32.2. The Morgan fingerprint density at radius 2 is 2.29 bits per heavy atom. The van der Waals surface area contributed by atoms with Crippen molar-refractivity contribution in [1.29, 1.82) is 0 Å². The quantitative estimate of drug-likeness (QED) is 0.790. The van der Waals surface area contributed by atoms with Gasteiger partial charge in [-0.15, -0.1) is 11.8 Å². The van der Waals surface area contributed by atoms with Gasteiger partial charge in [-0.2, -0.15) is 0 Å². The van der Waals surface area contributed by atoms with Gasteiger partial charge in [0.25, 0.3) is 5.91 Å². The van der Waals surface area contributed by atoms with Gasteiger partial charge in [-0.25, -0.2) is 9.97 Å². The average Bonchev–Trinajstić information content (AvgIpc) is 2.91. The largest absolute Gasteiger partial charge is 0.395 e. The first-order valence-electron chi connectivity index (χ1n) is 6.55. The van der Waals surface area contributed by atoms with Crippen molar-refractivity contribution in [1.82, 2.24) is 19.9 Å². The molecule has 2 aromatic rings. The fourth-order valence-corrected chi connectivity index (χ4v) is 2.56. The first kappa shape index (κ1) is 15.5. The summed E-state index contributed by atoms with van der Waals surface area (Å²) in [5.41, 5.74) is 1.39. The van der Waals surface area contributed by atoms with Crippen molar-refractivity contribution in [3.63, 3.8) is 0 Å². The first-order valence-corrected chi connectivity index (χ1v) is 7.77. The van der Waals surface area contributed by atoms with E-state index in [4.69, 9.17) is 0 Å². The standard InChI is InChI=1S/C14H18N4O2S/c1-10-16-8-11(17-10)9-18(6-7-19)14(20)12-4-3-5-15-13(12)21-2/h3-5,8,19H,6-7,9H2,1-2H3,(H,16,17). The molecule has 0 spiro atoms. The Morgan fingerprint density at radius 3 is 2.90 bits per heavy atom. The molecule has 2 N–H and O–H groups in total. The summed E-state index contributed by atoms with van der Waals surface area (Å²) < 4.78 is 0. The van der Waals surface area contributed by atoms with Crippen molar-refractivity contribution in [3.8, 4) is 0 Å². The summed E-state index contributed by atoms with van der Waals surface area (Å²) in [6, 6.07) is 3.49. The number of aliphatic hydroxyl groups excluding tert-OH is 1. The first-order chi connectivity index (χ1) is 10.2. The lowest BCUT2D eigenvalue weighted by Crippen LogP contribution is -2.33. The molecule has 0 bridgehead atoms. The topological polar surface area (TPSA) is 82.1 Å². The fourth-order valence-electron chi connectivity index (χ4n) is 2.02. The van der Waals surface area contributed by atoms with E-state index in [2.05, 4.69) is 15.0 Å². The lowest BCUT2D eigenvalue weighted by molar-refractivity contribution is 0.0701. The number of imidazole rings is 1. The molecular weight excluding hydrogens is 288 g/mol. The molecule has 112 valence electrons. The minimum atomic E-state index is -0.145. The van der Waals surface area contributed by atoms with Crippen LogP contribution in [0, 0.1) is 6.92 Å². The Balaban J connectivity index is 2.22. The number of hydrogen-bond acceptors (Lipinski definition) is 5. The Morgan fingerprint density at radius 1 is 1.48 bits per heavy atom. The predicted octanol–water partition coefficient (Wildman–Crippen LogP) is 1.47. The normalized spacial score (nSPS) is 10.6. The number of aliphatic hydroxyl groups is 1. The van der Waals surface area contributed by atoms with Crippen LogP contribution in [0.1, 0.15) is 21.9 Å². The number of carbonyl (C=O) groups is 1. The second-order valence-corrected chi connectivity index (χ2v) is 5.30. The van der Waals surface area contributed by atoms with Crippen LogP contribution in [0.25, 0.3) is 0 Å². The molecule has 0 saturated carbocycles. The number of H-pyrrole nitrogens is 1. The van der Waals surface area contributed by atoms with Crippen molar-refractivity contribution in [2.24, 2.45) is 0 Å². The number of hydrogen-bond donors (Lipinski definition) is 2. The van der Waals surface area contributed by atoms with E-state index in [1.807, 2.05) is 13.2 Å². The molecule has 0 atom stereocenters. The van der Waals surface area contributed by atoms with Crippen molar-refractivity contribution in [3.05, 3.63) is 41.6 Å². The van der Waals surface area contributed by atoms with Gasteiger partial charge in [0.05, 0.1) is 30.6 Å². The van der Waals surface area contributed by atoms with Crippen molar-refractivity contribution >= 4 is 17.7 Å². The molecule has 7 heteroatoms. The summed E-state index contributed by atoms with van der Waals surface area (Å²) in [5, 5.41) is 9.89. The van der Waals surface area contributed by atoms with Crippen LogP contribution in [0.4, 0.5) is 0 Å². The lowest BCUT2D eigenvalue weighted by Gasteiger charge is -2.21. The molecule has 2 heterocycles. The molecule has 0 radical (unpaired) electrons. The number of nitrogens with zero attached hydrogens (tertiary/aromatic N) is 3. The average molecular weight is 306 g/mol. The summed E-state index contributed by atoms with van der Waals surface area (Å²) in [6.45, 7) is 2.41. The van der Waals surface area contributed by atoms with Crippen LogP contribution >= 0.6 is 11.8 Å². The molecule has 0 unspecified atom stereocenters. The van der Waals surface area contributed by atoms with Gasteiger partial charge in [-0.05, 0) is 25.3 Å². The zero-order chi connectivity index (χ0) is 15.2. The Labute approximate surface area is 127 Å². The second-order valence-electron chi connectivity index (χ2n) is 4.50. The number of rotatable bonds is 6. The maximum Gasteiger partial charge on any atom is 0.257 e. The number of carbonyl (C=O) groups excluding carboxylic acids is 1. The molecule has 0 aromatic carbocycles. The molecular formula is C14H18N4O2S. The SMILES string of the molecule is CSc1ncccc1C(=O)N(CCO)Cc1cnc(C)[nH]1. The Kier molecular flexibility index (Phi) is 5.35. The summed E-state index contributed by atoms with van der Waals surface area (Å²) >= 11 is 1.43. The minimum absolute atomic E-state index is 0.0896. The maximum absolute atomic E-state index is 12.7. The zero-order valence-corrected chi connectivity index (χ0v) is 12.9. The third-order valence-electron chi connectivity index (χ3n) is 2.97. The molecule has 21 heavy (non-hydrogen) atoms. The summed E-state index contributed by atoms with van der Waals surface area (Å²) in [5.74, 6) is 0.654. The predicted molar refractivity (Wildman–Crippen MR) is 81.2 cm³/mol. The Hall–Kier alpha value is -1.86. The van der Waals surface area contributed by atoms with Gasteiger partial charge in [-0.3, -0.25) is 4.79 Å². The zero-order valence-electron chi connectivity index (χ0n) is 12.0. The van der Waals surface area contributed by atoms with Crippen LogP contribution in [-0.2, 0) is 6.54 Å². The minimum Gasteiger partial charge on any atom is -0.395 e. The van der Waals surface area contributed by atoms with E-state index in [0.29, 0.717) is 17.1 Å². The van der Waals surface area contributed by atoms with E-state index in [9.17, 15) is 9.90 Å². The van der Waals surface area contributed by atoms with E-state index < -0.39 is 0 Å². The third-order valence-corrected chi connectivity index (χ3v) is 3.68. The van der Waals surface area contributed by atoms with E-state index >= 15 is 0 Å². The number of pyridine rings is 1. The van der Waals surface area contributed by atoms with Gasteiger partial charge in [0.2, 0.25) is 0 Å². The summed E-state index contributed by atoms with van der Waals surface area (Å²) in [6.07, 6.45) is 5.25. The summed E-state index contributed by atoms with van der Waals surface area (Å²) in [4.78, 5) is 25.7. The van der Waals surface area contributed by atoms with Gasteiger partial charge < -0.3 is 15.0 Å². The van der Waals surface area contributed by atoms with Gasteiger partial charge in [-0.1, -0.05) is 0 Å². The molecule has 1 amide bonds. The molecule has 0 aliphatic heterocycles. The van der Waals surface area contributed by atoms with Crippen LogP contribution < -0.4 is 0 Å². The third kappa shape index (κ3) is 3.83. The number of thioether (sulfide) groups is 1. The number of aryl methyl sites for hydroxylation is 1. The molecule has 6 nitrogen and oxygen atoms in total. The van der Waals surface area contributed by atoms with Gasteiger partial charge in [0.15, 0.2) is 0 Å². The monoisotopic (exact) mass is 306 g/mol.